The Morgan fingerprint density at radius 2 is 1.79 bits per heavy atom. The lowest BCUT2D eigenvalue weighted by molar-refractivity contribution is 0.262. The Morgan fingerprint density at radius 3 is 2.50 bits per heavy atom. The quantitative estimate of drug-likeness (QED) is 0.461. The van der Waals surface area contributed by atoms with Gasteiger partial charge in [0.1, 0.15) is 5.82 Å². The Kier molecular flexibility index (Phi) is 4.79. The molecule has 0 saturated heterocycles. The average Bonchev–Trinajstić information content (AvgIpc) is 3.10. The number of nitrogens with zero attached hydrogens (tertiary/aromatic N) is 3. The van der Waals surface area contributed by atoms with Gasteiger partial charge < -0.3 is 10.6 Å². The van der Waals surface area contributed by atoms with Crippen molar-refractivity contribution in [1.29, 1.82) is 0 Å². The second-order valence-corrected chi connectivity index (χ2v) is 7.10. The summed E-state index contributed by atoms with van der Waals surface area (Å²) in [5.74, 6) is -0.391. The minimum absolute atomic E-state index is 0.282. The maximum atomic E-state index is 13.3. The Labute approximate surface area is 168 Å². The molecule has 4 rings (SSSR count). The van der Waals surface area contributed by atoms with Crippen molar-refractivity contribution >= 4 is 44.2 Å². The molecule has 0 spiro atoms. The molecule has 0 saturated carbocycles. The van der Waals surface area contributed by atoms with Crippen molar-refractivity contribution in [3.8, 4) is 11.1 Å². The third-order valence-corrected chi connectivity index (χ3v) is 4.76. The smallest absolute Gasteiger partial charge is 0.308 e. The van der Waals surface area contributed by atoms with Gasteiger partial charge in [0.2, 0.25) is 0 Å². The third kappa shape index (κ3) is 3.86. The van der Waals surface area contributed by atoms with Crippen molar-refractivity contribution in [3.05, 3.63) is 71.3 Å². The molecule has 8 heteroatoms. The number of fused-ring (bicyclic) bond motifs is 1. The van der Waals surface area contributed by atoms with Gasteiger partial charge >= 0.3 is 6.03 Å². The van der Waals surface area contributed by atoms with Crippen LogP contribution in [0.3, 0.4) is 0 Å². The molecule has 2 aromatic heterocycles. The highest BCUT2D eigenvalue weighted by molar-refractivity contribution is 9.10. The van der Waals surface area contributed by atoms with Crippen molar-refractivity contribution in [2.24, 2.45) is 7.05 Å². The monoisotopic (exact) mass is 439 g/mol. The fraction of sp³-hybridized carbons (Fsp3) is 0.0500. The molecule has 2 aromatic carbocycles. The van der Waals surface area contributed by atoms with Gasteiger partial charge in [0, 0.05) is 47.3 Å². The van der Waals surface area contributed by atoms with Crippen molar-refractivity contribution in [2.45, 2.75) is 0 Å². The number of aromatic nitrogens is 3. The van der Waals surface area contributed by atoms with Crippen LogP contribution < -0.4 is 10.6 Å². The van der Waals surface area contributed by atoms with Gasteiger partial charge in [0.15, 0.2) is 0 Å². The fourth-order valence-corrected chi connectivity index (χ4v) is 3.18. The van der Waals surface area contributed by atoms with Crippen LogP contribution in [0.25, 0.3) is 22.0 Å². The molecule has 28 heavy (non-hydrogen) atoms. The normalized spacial score (nSPS) is 10.8. The highest BCUT2D eigenvalue weighted by Gasteiger charge is 2.08. The van der Waals surface area contributed by atoms with E-state index in [1.165, 1.54) is 18.2 Å². The van der Waals surface area contributed by atoms with Crippen LogP contribution in [0.5, 0.6) is 0 Å². The minimum atomic E-state index is -0.422. The molecular formula is C20H15BrFN5O. The Morgan fingerprint density at radius 1 is 1.04 bits per heavy atom. The molecular weight excluding hydrogens is 425 g/mol. The zero-order valence-corrected chi connectivity index (χ0v) is 16.4. The molecule has 0 unspecified atom stereocenters. The Bertz CT molecular complexity index is 1190. The summed E-state index contributed by atoms with van der Waals surface area (Å²) in [5, 5.41) is 10.5. The van der Waals surface area contributed by atoms with Crippen LogP contribution in [0.2, 0.25) is 0 Å². The maximum Gasteiger partial charge on any atom is 0.323 e. The molecule has 140 valence electrons. The number of aryl methyl sites for hydroxylation is 1. The number of benzene rings is 2. The van der Waals surface area contributed by atoms with E-state index in [4.69, 9.17) is 0 Å². The highest BCUT2D eigenvalue weighted by atomic mass is 79.9. The van der Waals surface area contributed by atoms with E-state index in [2.05, 4.69) is 36.6 Å². The number of hydrogen-bond donors (Lipinski definition) is 2. The van der Waals surface area contributed by atoms with Gasteiger partial charge in [-0.05, 0) is 58.4 Å². The van der Waals surface area contributed by atoms with Gasteiger partial charge in [-0.1, -0.05) is 0 Å². The Hall–Kier alpha value is -3.26. The first-order valence-electron chi connectivity index (χ1n) is 8.40. The summed E-state index contributed by atoms with van der Waals surface area (Å²) in [5.41, 5.74) is 3.83. The number of hydrogen-bond acceptors (Lipinski definition) is 3. The Balaban J connectivity index is 1.54. The number of carbonyl (C=O) groups excluding carboxylic acids is 1. The highest BCUT2D eigenvalue weighted by Crippen LogP contribution is 2.25. The largest absolute Gasteiger partial charge is 0.323 e. The first kappa shape index (κ1) is 18.1. The predicted octanol–water partition coefficient (Wildman–Crippen LogP) is 5.18. The lowest BCUT2D eigenvalue weighted by Crippen LogP contribution is -2.19. The van der Waals surface area contributed by atoms with E-state index in [0.29, 0.717) is 11.4 Å². The summed E-state index contributed by atoms with van der Waals surface area (Å²) in [6, 6.07) is 11.3. The summed E-state index contributed by atoms with van der Waals surface area (Å²) in [6.07, 6.45) is 5.49. The standard InChI is InChI=1S/C20H15BrFN5O/c1-27-11-14(10-24-27)13-6-12-7-15(3-5-19(12)23-9-13)25-20(28)26-16-2-4-18(22)17(21)8-16/h2-11H,1H3,(H2,25,26,28). The molecule has 0 radical (unpaired) electrons. The molecule has 6 nitrogen and oxygen atoms in total. The molecule has 2 heterocycles. The van der Waals surface area contributed by atoms with E-state index >= 15 is 0 Å². The SMILES string of the molecule is Cn1cc(-c2cnc3ccc(NC(=O)Nc4ccc(F)c(Br)c4)cc3c2)cn1. The number of pyridine rings is 1. The molecule has 2 N–H and O–H groups in total. The minimum Gasteiger partial charge on any atom is -0.308 e. The maximum absolute atomic E-state index is 13.3. The predicted molar refractivity (Wildman–Crippen MR) is 111 cm³/mol. The number of urea groups is 1. The van der Waals surface area contributed by atoms with Crippen LogP contribution in [0.15, 0.2) is 65.5 Å². The zero-order chi connectivity index (χ0) is 19.7. The van der Waals surface area contributed by atoms with Crippen LogP contribution in [0, 0.1) is 5.82 Å². The number of anilines is 2. The lowest BCUT2D eigenvalue weighted by Gasteiger charge is -2.09. The van der Waals surface area contributed by atoms with Gasteiger partial charge in [0.25, 0.3) is 0 Å². The topological polar surface area (TPSA) is 71.8 Å². The van der Waals surface area contributed by atoms with Crippen LogP contribution in [-0.4, -0.2) is 20.8 Å². The van der Waals surface area contributed by atoms with Gasteiger partial charge in [-0.3, -0.25) is 9.67 Å². The van der Waals surface area contributed by atoms with Gasteiger partial charge in [0.05, 0.1) is 16.2 Å². The molecule has 0 bridgehead atoms. The number of rotatable bonds is 3. The van der Waals surface area contributed by atoms with E-state index in [9.17, 15) is 9.18 Å². The fourth-order valence-electron chi connectivity index (χ4n) is 2.80. The zero-order valence-electron chi connectivity index (χ0n) is 14.8. The summed E-state index contributed by atoms with van der Waals surface area (Å²) < 4.78 is 15.3. The van der Waals surface area contributed by atoms with Crippen molar-refractivity contribution in [1.82, 2.24) is 14.8 Å². The summed E-state index contributed by atoms with van der Waals surface area (Å²) in [6.45, 7) is 0. The first-order chi connectivity index (χ1) is 13.5. The van der Waals surface area contributed by atoms with Crippen molar-refractivity contribution in [2.75, 3.05) is 10.6 Å². The molecule has 0 aliphatic rings. The van der Waals surface area contributed by atoms with Crippen molar-refractivity contribution in [3.63, 3.8) is 0 Å². The molecule has 0 aliphatic heterocycles. The van der Waals surface area contributed by atoms with E-state index in [1.54, 1.807) is 23.1 Å². The van der Waals surface area contributed by atoms with Crippen LogP contribution >= 0.6 is 15.9 Å². The van der Waals surface area contributed by atoms with E-state index in [0.717, 1.165) is 22.0 Å². The molecule has 4 aromatic rings. The number of carbonyl (C=O) groups is 1. The average molecular weight is 440 g/mol. The number of amides is 2. The lowest BCUT2D eigenvalue weighted by atomic mass is 10.1. The number of halogens is 2. The molecule has 2 amide bonds. The van der Waals surface area contributed by atoms with Crippen LogP contribution in [0.1, 0.15) is 0 Å². The van der Waals surface area contributed by atoms with Crippen LogP contribution in [-0.2, 0) is 7.05 Å². The summed E-state index contributed by atoms with van der Waals surface area (Å²) in [7, 11) is 1.86. The first-order valence-corrected chi connectivity index (χ1v) is 9.19. The second kappa shape index (κ2) is 7.40. The third-order valence-electron chi connectivity index (χ3n) is 4.15. The van der Waals surface area contributed by atoms with Crippen molar-refractivity contribution < 1.29 is 9.18 Å². The molecule has 0 atom stereocenters. The number of nitrogens with one attached hydrogen (secondary N) is 2. The summed E-state index contributed by atoms with van der Waals surface area (Å²) >= 11 is 3.10. The van der Waals surface area contributed by atoms with Gasteiger partial charge in [-0.15, -0.1) is 0 Å². The second-order valence-electron chi connectivity index (χ2n) is 6.24. The molecule has 0 aliphatic carbocycles. The van der Waals surface area contributed by atoms with Crippen LogP contribution in [0.4, 0.5) is 20.6 Å². The van der Waals surface area contributed by atoms with Gasteiger partial charge in [-0.2, -0.15) is 5.10 Å². The summed E-state index contributed by atoms with van der Waals surface area (Å²) in [4.78, 5) is 16.7. The van der Waals surface area contributed by atoms with Gasteiger partial charge in [-0.25, -0.2) is 9.18 Å². The van der Waals surface area contributed by atoms with E-state index in [1.807, 2.05) is 31.4 Å². The van der Waals surface area contributed by atoms with E-state index < -0.39 is 11.8 Å². The van der Waals surface area contributed by atoms with E-state index in [-0.39, 0.29) is 4.47 Å². The molecule has 0 fully saturated rings.